The molecule has 1 aromatic heterocycles. The van der Waals surface area contributed by atoms with Gasteiger partial charge in [0.15, 0.2) is 0 Å². The van der Waals surface area contributed by atoms with Crippen LogP contribution in [0.5, 0.6) is 0 Å². The zero-order valence-corrected chi connectivity index (χ0v) is 11.6. The number of carbonyl (C=O) groups is 1. The molecule has 0 unspecified atom stereocenters. The van der Waals surface area contributed by atoms with E-state index in [0.29, 0.717) is 23.0 Å². The van der Waals surface area contributed by atoms with E-state index < -0.39 is 5.97 Å². The van der Waals surface area contributed by atoms with E-state index in [9.17, 15) is 4.79 Å². The molecule has 100 valence electrons. The predicted molar refractivity (Wildman–Crippen MR) is 71.5 cm³/mol. The molecule has 2 rings (SSSR count). The van der Waals surface area contributed by atoms with E-state index in [1.165, 1.54) is 13.4 Å². The van der Waals surface area contributed by atoms with Crippen molar-refractivity contribution in [2.75, 3.05) is 7.11 Å². The molecule has 0 saturated heterocycles. The fraction of sp³-hybridized carbons (Fsp3) is 0.250. The van der Waals surface area contributed by atoms with Gasteiger partial charge in [0.2, 0.25) is 0 Å². The van der Waals surface area contributed by atoms with Gasteiger partial charge in [0, 0.05) is 16.6 Å². The van der Waals surface area contributed by atoms with Crippen molar-refractivity contribution in [3.8, 4) is 0 Å². The molecule has 0 N–H and O–H groups in total. The molecule has 19 heavy (non-hydrogen) atoms. The largest absolute Gasteiger partial charge is 0.463 e. The number of methoxy groups -OCH3 is 1. The highest BCUT2D eigenvalue weighted by Crippen LogP contribution is 2.19. The van der Waals surface area contributed by atoms with Crippen LogP contribution in [0.25, 0.3) is 0 Å². The molecule has 0 spiro atoms. The number of halogens is 2. The maximum atomic E-state index is 11.2. The minimum atomic E-state index is -0.551. The normalized spacial score (nSPS) is 10.5. The van der Waals surface area contributed by atoms with Crippen molar-refractivity contribution in [1.29, 1.82) is 0 Å². The van der Waals surface area contributed by atoms with Crippen molar-refractivity contribution in [3.05, 3.63) is 46.0 Å². The Labute approximate surface area is 120 Å². The van der Waals surface area contributed by atoms with Crippen molar-refractivity contribution >= 4 is 29.2 Å². The molecule has 0 atom stereocenters. The van der Waals surface area contributed by atoms with Crippen molar-refractivity contribution in [2.45, 2.75) is 13.0 Å². The van der Waals surface area contributed by atoms with Gasteiger partial charge in [-0.3, -0.25) is 4.68 Å². The van der Waals surface area contributed by atoms with Crippen LogP contribution in [0.2, 0.25) is 10.0 Å². The van der Waals surface area contributed by atoms with E-state index in [-0.39, 0.29) is 5.82 Å². The van der Waals surface area contributed by atoms with E-state index in [2.05, 4.69) is 14.8 Å². The molecule has 0 bridgehead atoms. The fourth-order valence-electron chi connectivity index (χ4n) is 1.59. The summed E-state index contributed by atoms with van der Waals surface area (Å²) in [5, 5.41) is 5.19. The number of hydrogen-bond donors (Lipinski definition) is 0. The molecule has 0 saturated carbocycles. The molecule has 1 aromatic carbocycles. The first-order chi connectivity index (χ1) is 9.08. The minimum Gasteiger partial charge on any atom is -0.463 e. The van der Waals surface area contributed by atoms with Gasteiger partial charge in [0.05, 0.1) is 7.11 Å². The lowest BCUT2D eigenvalue weighted by Gasteiger charge is -2.03. The van der Waals surface area contributed by atoms with Gasteiger partial charge in [-0.1, -0.05) is 23.2 Å². The number of nitrogens with zero attached hydrogens (tertiary/aromatic N) is 3. The summed E-state index contributed by atoms with van der Waals surface area (Å²) >= 11 is 11.8. The molecule has 0 aliphatic rings. The summed E-state index contributed by atoms with van der Waals surface area (Å²) in [6, 6.07) is 5.36. The topological polar surface area (TPSA) is 57.0 Å². The molecule has 0 aliphatic heterocycles. The number of carbonyl (C=O) groups excluding carboxylic acids is 1. The molecule has 1 heterocycles. The number of rotatable bonds is 4. The number of ether oxygens (including phenoxy) is 1. The summed E-state index contributed by atoms with van der Waals surface area (Å²) in [7, 11) is 1.29. The van der Waals surface area contributed by atoms with Crippen LogP contribution in [-0.4, -0.2) is 27.8 Å². The Hall–Kier alpha value is -1.59. The van der Waals surface area contributed by atoms with E-state index in [0.717, 1.165) is 5.56 Å². The second kappa shape index (κ2) is 6.04. The third-order valence-corrected chi connectivity index (χ3v) is 2.89. The Bertz CT molecular complexity index is 578. The van der Waals surface area contributed by atoms with Gasteiger partial charge in [-0.25, -0.2) is 9.78 Å². The second-order valence-corrected chi connectivity index (χ2v) is 4.72. The maximum Gasteiger partial charge on any atom is 0.377 e. The zero-order chi connectivity index (χ0) is 13.8. The number of benzene rings is 1. The van der Waals surface area contributed by atoms with E-state index >= 15 is 0 Å². The Kier molecular flexibility index (Phi) is 4.39. The highest BCUT2D eigenvalue weighted by Gasteiger charge is 2.11. The second-order valence-electron chi connectivity index (χ2n) is 3.85. The minimum absolute atomic E-state index is 0.0478. The lowest BCUT2D eigenvalue weighted by Crippen LogP contribution is -2.07. The first-order valence-corrected chi connectivity index (χ1v) is 6.27. The summed E-state index contributed by atoms with van der Waals surface area (Å²) < 4.78 is 6.10. The van der Waals surface area contributed by atoms with Crippen LogP contribution in [0, 0.1) is 0 Å². The lowest BCUT2D eigenvalue weighted by atomic mass is 10.1. The molecular weight excluding hydrogens is 289 g/mol. The Balaban J connectivity index is 2.02. The van der Waals surface area contributed by atoms with Gasteiger partial charge in [-0.15, -0.1) is 5.10 Å². The smallest absolute Gasteiger partial charge is 0.377 e. The van der Waals surface area contributed by atoms with Crippen molar-refractivity contribution in [3.63, 3.8) is 0 Å². The standard InChI is InChI=1S/C12H11Cl2N3O2/c1-19-12(18)11-15-7-17(16-11)3-2-8-4-9(13)6-10(14)5-8/h4-7H,2-3H2,1H3. The van der Waals surface area contributed by atoms with Gasteiger partial charge in [0.25, 0.3) is 5.82 Å². The van der Waals surface area contributed by atoms with Gasteiger partial charge in [0.1, 0.15) is 6.33 Å². The van der Waals surface area contributed by atoms with Crippen molar-refractivity contribution in [1.82, 2.24) is 14.8 Å². The Morgan fingerprint density at radius 3 is 2.63 bits per heavy atom. The monoisotopic (exact) mass is 299 g/mol. The number of esters is 1. The summed E-state index contributed by atoms with van der Waals surface area (Å²) in [6.07, 6.45) is 2.17. The summed E-state index contributed by atoms with van der Waals surface area (Å²) in [5.74, 6) is -0.504. The molecule has 0 radical (unpaired) electrons. The highest BCUT2D eigenvalue weighted by molar-refractivity contribution is 6.34. The lowest BCUT2D eigenvalue weighted by molar-refractivity contribution is 0.0586. The van der Waals surface area contributed by atoms with Crippen LogP contribution in [-0.2, 0) is 17.7 Å². The molecular formula is C12H11Cl2N3O2. The van der Waals surface area contributed by atoms with E-state index in [1.54, 1.807) is 10.7 Å². The molecule has 0 aliphatic carbocycles. The van der Waals surface area contributed by atoms with Gasteiger partial charge in [-0.05, 0) is 30.2 Å². The molecule has 5 nitrogen and oxygen atoms in total. The number of aromatic nitrogens is 3. The average Bonchev–Trinajstić information content (AvgIpc) is 2.83. The van der Waals surface area contributed by atoms with Crippen molar-refractivity contribution in [2.24, 2.45) is 0 Å². The average molecular weight is 300 g/mol. The molecule has 2 aromatic rings. The summed E-state index contributed by atoms with van der Waals surface area (Å²) in [5.41, 5.74) is 0.993. The molecule has 0 fully saturated rings. The SMILES string of the molecule is COC(=O)c1ncn(CCc2cc(Cl)cc(Cl)c2)n1. The zero-order valence-electron chi connectivity index (χ0n) is 10.1. The quantitative estimate of drug-likeness (QED) is 0.814. The summed E-state index contributed by atoms with van der Waals surface area (Å²) in [4.78, 5) is 15.1. The van der Waals surface area contributed by atoms with Crippen LogP contribution in [0.3, 0.4) is 0 Å². The number of hydrogen-bond acceptors (Lipinski definition) is 4. The van der Waals surface area contributed by atoms with Gasteiger partial charge < -0.3 is 4.74 Å². The highest BCUT2D eigenvalue weighted by atomic mass is 35.5. The van der Waals surface area contributed by atoms with Crippen LogP contribution in [0.1, 0.15) is 16.2 Å². The molecule has 7 heteroatoms. The summed E-state index contributed by atoms with van der Waals surface area (Å²) in [6.45, 7) is 0.570. The maximum absolute atomic E-state index is 11.2. The fourth-order valence-corrected chi connectivity index (χ4v) is 2.16. The van der Waals surface area contributed by atoms with Gasteiger partial charge in [-0.2, -0.15) is 0 Å². The van der Waals surface area contributed by atoms with Crippen LogP contribution >= 0.6 is 23.2 Å². The van der Waals surface area contributed by atoms with E-state index in [1.807, 2.05) is 12.1 Å². The van der Waals surface area contributed by atoms with Crippen LogP contribution < -0.4 is 0 Å². The van der Waals surface area contributed by atoms with Crippen molar-refractivity contribution < 1.29 is 9.53 Å². The van der Waals surface area contributed by atoms with E-state index in [4.69, 9.17) is 23.2 Å². The first-order valence-electron chi connectivity index (χ1n) is 5.51. The van der Waals surface area contributed by atoms with Crippen LogP contribution in [0.15, 0.2) is 24.5 Å². The third-order valence-electron chi connectivity index (χ3n) is 2.46. The first kappa shape index (κ1) is 13.8. The number of aryl methyl sites for hydroxylation is 2. The Morgan fingerprint density at radius 2 is 2.00 bits per heavy atom. The third kappa shape index (κ3) is 3.68. The van der Waals surface area contributed by atoms with Gasteiger partial charge >= 0.3 is 5.97 Å². The molecule has 0 amide bonds. The Morgan fingerprint density at radius 1 is 1.32 bits per heavy atom. The van der Waals surface area contributed by atoms with Crippen LogP contribution in [0.4, 0.5) is 0 Å². The predicted octanol–water partition coefficient (Wildman–Crippen LogP) is 2.61.